The Morgan fingerprint density at radius 3 is 2.25 bits per heavy atom. The number of rotatable bonds is 6. The van der Waals surface area contributed by atoms with Gasteiger partial charge in [0, 0.05) is 4.88 Å². The number of methoxy groups -OCH3 is 1. The van der Waals surface area contributed by atoms with Crippen LogP contribution >= 0.6 is 11.3 Å². The van der Waals surface area contributed by atoms with Gasteiger partial charge in [-0.2, -0.15) is 0 Å². The first-order valence-electron chi connectivity index (χ1n) is 7.19. The number of esters is 2. The minimum atomic E-state index is -0.634. The Balaban J connectivity index is 1.84. The predicted octanol–water partition coefficient (Wildman–Crippen LogP) is 2.57. The van der Waals surface area contributed by atoms with E-state index >= 15 is 0 Å². The van der Waals surface area contributed by atoms with Gasteiger partial charge in [-0.3, -0.25) is 4.79 Å². The van der Waals surface area contributed by atoms with Crippen molar-refractivity contribution in [1.29, 1.82) is 0 Å². The lowest BCUT2D eigenvalue weighted by molar-refractivity contribution is -0.124. The number of benzene rings is 1. The molecule has 1 aromatic heterocycles. The van der Waals surface area contributed by atoms with Gasteiger partial charge in [0.1, 0.15) is 0 Å². The number of hydrogen-bond donors (Lipinski definition) is 1. The number of nitrogens with one attached hydrogen (secondary N) is 1. The van der Waals surface area contributed by atoms with Crippen LogP contribution in [0, 0.1) is 0 Å². The van der Waals surface area contributed by atoms with Gasteiger partial charge in [-0.15, -0.1) is 11.3 Å². The molecule has 0 spiro atoms. The van der Waals surface area contributed by atoms with Crippen LogP contribution in [0.5, 0.6) is 0 Å². The fourth-order valence-electron chi connectivity index (χ4n) is 1.97. The van der Waals surface area contributed by atoms with Crippen LogP contribution in [0.1, 0.15) is 38.6 Å². The Labute approximate surface area is 143 Å². The number of carbonyl (C=O) groups is 3. The molecule has 126 valence electrons. The standard InChI is InChI=1S/C17H17NO5S/c1-11(14-4-3-9-24-14)18-15(19)10-23-17(21)13-7-5-12(6-8-13)16(20)22-2/h3-9,11H,10H2,1-2H3,(H,18,19). The van der Waals surface area contributed by atoms with E-state index in [9.17, 15) is 14.4 Å². The van der Waals surface area contributed by atoms with Gasteiger partial charge in [0.15, 0.2) is 6.61 Å². The number of amides is 1. The Bertz CT molecular complexity index is 709. The van der Waals surface area contributed by atoms with Gasteiger partial charge in [0.05, 0.1) is 24.3 Å². The van der Waals surface area contributed by atoms with Crippen molar-refractivity contribution >= 4 is 29.2 Å². The van der Waals surface area contributed by atoms with Crippen molar-refractivity contribution in [3.8, 4) is 0 Å². The van der Waals surface area contributed by atoms with Crippen LogP contribution < -0.4 is 5.32 Å². The van der Waals surface area contributed by atoms with E-state index in [2.05, 4.69) is 10.1 Å². The van der Waals surface area contributed by atoms with Crippen LogP contribution in [0.2, 0.25) is 0 Å². The first-order chi connectivity index (χ1) is 11.5. The van der Waals surface area contributed by atoms with Gasteiger partial charge in [-0.05, 0) is 42.6 Å². The minimum absolute atomic E-state index is 0.143. The van der Waals surface area contributed by atoms with Gasteiger partial charge >= 0.3 is 11.9 Å². The first kappa shape index (κ1) is 17.7. The molecule has 0 aliphatic carbocycles. The monoisotopic (exact) mass is 347 g/mol. The lowest BCUT2D eigenvalue weighted by Gasteiger charge is -2.12. The predicted molar refractivity (Wildman–Crippen MR) is 88.9 cm³/mol. The highest BCUT2D eigenvalue weighted by Crippen LogP contribution is 2.17. The first-order valence-corrected chi connectivity index (χ1v) is 8.07. The summed E-state index contributed by atoms with van der Waals surface area (Å²) in [5.74, 6) is -1.50. The van der Waals surface area contributed by atoms with Crippen molar-refractivity contribution in [3.63, 3.8) is 0 Å². The minimum Gasteiger partial charge on any atom is -0.465 e. The number of hydrogen-bond acceptors (Lipinski definition) is 6. The summed E-state index contributed by atoms with van der Waals surface area (Å²) in [5, 5.41) is 4.68. The zero-order chi connectivity index (χ0) is 17.5. The van der Waals surface area contributed by atoms with Crippen molar-refractivity contribution < 1.29 is 23.9 Å². The van der Waals surface area contributed by atoms with E-state index in [0.717, 1.165) is 4.88 Å². The highest BCUT2D eigenvalue weighted by atomic mass is 32.1. The molecule has 7 heteroatoms. The zero-order valence-electron chi connectivity index (χ0n) is 13.3. The maximum absolute atomic E-state index is 11.9. The summed E-state index contributed by atoms with van der Waals surface area (Å²) >= 11 is 1.54. The van der Waals surface area contributed by atoms with Gasteiger partial charge < -0.3 is 14.8 Å². The van der Waals surface area contributed by atoms with Crippen molar-refractivity contribution in [1.82, 2.24) is 5.32 Å². The van der Waals surface area contributed by atoms with Crippen LogP contribution in [0.4, 0.5) is 0 Å². The quantitative estimate of drug-likeness (QED) is 0.812. The van der Waals surface area contributed by atoms with Gasteiger partial charge in [0.2, 0.25) is 0 Å². The molecule has 1 heterocycles. The maximum Gasteiger partial charge on any atom is 0.338 e. The molecule has 6 nitrogen and oxygen atoms in total. The SMILES string of the molecule is COC(=O)c1ccc(C(=O)OCC(=O)NC(C)c2cccs2)cc1. The van der Waals surface area contributed by atoms with E-state index in [1.165, 1.54) is 42.7 Å². The third-order valence-corrected chi connectivity index (χ3v) is 4.28. The van der Waals surface area contributed by atoms with Crippen molar-refractivity contribution in [2.75, 3.05) is 13.7 Å². The smallest absolute Gasteiger partial charge is 0.338 e. The summed E-state index contributed by atoms with van der Waals surface area (Å²) in [6.45, 7) is 1.49. The average Bonchev–Trinajstić information content (AvgIpc) is 3.14. The van der Waals surface area contributed by atoms with Gasteiger partial charge in [-0.1, -0.05) is 6.07 Å². The highest BCUT2D eigenvalue weighted by Gasteiger charge is 2.14. The molecule has 24 heavy (non-hydrogen) atoms. The molecule has 0 aliphatic heterocycles. The second-order valence-electron chi connectivity index (χ2n) is 4.95. The van der Waals surface area contributed by atoms with Crippen LogP contribution in [0.3, 0.4) is 0 Å². The molecule has 2 aromatic rings. The Hall–Kier alpha value is -2.67. The molecule has 0 saturated carbocycles. The lowest BCUT2D eigenvalue weighted by Crippen LogP contribution is -2.30. The number of ether oxygens (including phenoxy) is 2. The van der Waals surface area contributed by atoms with Gasteiger partial charge in [-0.25, -0.2) is 9.59 Å². The van der Waals surface area contributed by atoms with Crippen LogP contribution in [-0.2, 0) is 14.3 Å². The summed E-state index contributed by atoms with van der Waals surface area (Å²) in [6.07, 6.45) is 0. The zero-order valence-corrected chi connectivity index (χ0v) is 14.1. The van der Waals surface area contributed by atoms with E-state index in [0.29, 0.717) is 5.56 Å². The van der Waals surface area contributed by atoms with Crippen molar-refractivity contribution in [2.24, 2.45) is 0 Å². The molecule has 0 saturated heterocycles. The lowest BCUT2D eigenvalue weighted by atomic mass is 10.1. The molecule has 1 amide bonds. The second kappa shape index (κ2) is 8.26. The summed E-state index contributed by atoms with van der Waals surface area (Å²) in [5.41, 5.74) is 0.582. The molecule has 0 aliphatic rings. The highest BCUT2D eigenvalue weighted by molar-refractivity contribution is 7.10. The molecule has 1 N–H and O–H groups in total. The van der Waals surface area contributed by atoms with Gasteiger partial charge in [0.25, 0.3) is 5.91 Å². The molecule has 1 atom stereocenters. The molecule has 1 unspecified atom stereocenters. The molecule has 0 fully saturated rings. The molecule has 0 bridgehead atoms. The second-order valence-corrected chi connectivity index (χ2v) is 5.93. The fraction of sp³-hybridized carbons (Fsp3) is 0.235. The number of thiophene rings is 1. The molecule has 1 aromatic carbocycles. The van der Waals surface area contributed by atoms with E-state index in [-0.39, 0.29) is 24.1 Å². The topological polar surface area (TPSA) is 81.7 Å². The Morgan fingerprint density at radius 1 is 1.08 bits per heavy atom. The average molecular weight is 347 g/mol. The van der Waals surface area contributed by atoms with E-state index in [1.807, 2.05) is 24.4 Å². The third-order valence-electron chi connectivity index (χ3n) is 3.22. The van der Waals surface area contributed by atoms with E-state index < -0.39 is 11.9 Å². The normalized spacial score (nSPS) is 11.4. The van der Waals surface area contributed by atoms with Crippen LogP contribution in [0.15, 0.2) is 41.8 Å². The summed E-state index contributed by atoms with van der Waals surface area (Å²) in [6, 6.07) is 9.49. The van der Waals surface area contributed by atoms with Crippen LogP contribution in [-0.4, -0.2) is 31.6 Å². The molecule has 2 rings (SSSR count). The van der Waals surface area contributed by atoms with E-state index in [4.69, 9.17) is 4.74 Å². The Morgan fingerprint density at radius 2 is 1.71 bits per heavy atom. The van der Waals surface area contributed by atoms with Crippen molar-refractivity contribution in [2.45, 2.75) is 13.0 Å². The largest absolute Gasteiger partial charge is 0.465 e. The van der Waals surface area contributed by atoms with E-state index in [1.54, 1.807) is 0 Å². The fourth-order valence-corrected chi connectivity index (χ4v) is 2.70. The van der Waals surface area contributed by atoms with Crippen LogP contribution in [0.25, 0.3) is 0 Å². The maximum atomic E-state index is 11.9. The molecule has 0 radical (unpaired) electrons. The molecular weight excluding hydrogens is 330 g/mol. The number of carbonyl (C=O) groups excluding carboxylic acids is 3. The summed E-state index contributed by atoms with van der Waals surface area (Å²) in [7, 11) is 1.28. The summed E-state index contributed by atoms with van der Waals surface area (Å²) in [4.78, 5) is 36.1. The van der Waals surface area contributed by atoms with Crippen molar-refractivity contribution in [3.05, 3.63) is 57.8 Å². The third kappa shape index (κ3) is 4.66. The Kier molecular flexibility index (Phi) is 6.08. The summed E-state index contributed by atoms with van der Waals surface area (Å²) < 4.78 is 9.55. The molecular formula is C17H17NO5S.